The molecule has 0 spiro atoms. The van der Waals surface area contributed by atoms with Crippen molar-refractivity contribution in [3.05, 3.63) is 35.9 Å². The molecule has 3 amide bonds. The molecule has 8 nitrogen and oxygen atoms in total. The zero-order valence-electron chi connectivity index (χ0n) is 17.5. The van der Waals surface area contributed by atoms with Crippen molar-refractivity contribution in [1.82, 2.24) is 16.0 Å². The van der Waals surface area contributed by atoms with Crippen molar-refractivity contribution in [3.8, 4) is 6.07 Å². The molecule has 2 unspecified atom stereocenters. The fraction of sp³-hybridized carbons (Fsp3) is 0.565. The summed E-state index contributed by atoms with van der Waals surface area (Å²) in [6, 6.07) is 9.83. The van der Waals surface area contributed by atoms with E-state index < -0.39 is 24.1 Å². The summed E-state index contributed by atoms with van der Waals surface area (Å²) in [6.45, 7) is 0.550. The Bertz CT molecular complexity index is 819. The largest absolute Gasteiger partial charge is 0.376 e. The molecule has 1 aliphatic carbocycles. The van der Waals surface area contributed by atoms with E-state index in [9.17, 15) is 19.5 Å². The first-order valence-corrected chi connectivity index (χ1v) is 10.9. The van der Waals surface area contributed by atoms with Crippen LogP contribution in [0.5, 0.6) is 0 Å². The lowest BCUT2D eigenvalue weighted by Crippen LogP contribution is -2.53. The lowest BCUT2D eigenvalue weighted by atomic mass is 9.95. The van der Waals surface area contributed by atoms with Crippen LogP contribution in [-0.4, -0.2) is 47.6 Å². The quantitative estimate of drug-likeness (QED) is 0.389. The van der Waals surface area contributed by atoms with Gasteiger partial charge in [0, 0.05) is 18.9 Å². The van der Waals surface area contributed by atoms with E-state index in [4.69, 9.17) is 5.26 Å². The van der Waals surface area contributed by atoms with Gasteiger partial charge in [0.1, 0.15) is 6.04 Å². The van der Waals surface area contributed by atoms with E-state index >= 15 is 0 Å². The molecule has 1 heterocycles. The number of hydrogen-bond acceptors (Lipinski definition) is 5. The highest BCUT2D eigenvalue weighted by Gasteiger charge is 2.35. The van der Waals surface area contributed by atoms with Crippen LogP contribution >= 0.6 is 0 Å². The van der Waals surface area contributed by atoms with Gasteiger partial charge in [-0.25, -0.2) is 0 Å². The third-order valence-corrected chi connectivity index (χ3v) is 5.94. The van der Waals surface area contributed by atoms with Crippen LogP contribution in [0.4, 0.5) is 0 Å². The summed E-state index contributed by atoms with van der Waals surface area (Å²) in [5.41, 5.74) is 1.05. The van der Waals surface area contributed by atoms with Crippen molar-refractivity contribution < 1.29 is 19.5 Å². The average molecular weight is 427 g/mol. The minimum absolute atomic E-state index is 0.131. The van der Waals surface area contributed by atoms with E-state index in [0.717, 1.165) is 18.4 Å². The number of benzene rings is 1. The SMILES string of the molecule is N#CC(O)C(C[C@@H]1CCNC1=O)NC(=O)[C@H](CC1CC1)NC(=O)CCc1ccccc1. The first kappa shape index (κ1) is 22.8. The van der Waals surface area contributed by atoms with Crippen LogP contribution in [0, 0.1) is 23.2 Å². The Labute approximate surface area is 182 Å². The van der Waals surface area contributed by atoms with E-state index in [-0.39, 0.29) is 30.6 Å². The number of nitrogens with zero attached hydrogens (tertiary/aromatic N) is 1. The van der Waals surface area contributed by atoms with Crippen LogP contribution in [0.3, 0.4) is 0 Å². The first-order chi connectivity index (χ1) is 15.0. The number of aliphatic hydroxyl groups is 1. The van der Waals surface area contributed by atoms with Crippen LogP contribution < -0.4 is 16.0 Å². The van der Waals surface area contributed by atoms with Crippen molar-refractivity contribution in [2.24, 2.45) is 11.8 Å². The van der Waals surface area contributed by atoms with Gasteiger partial charge in [0.05, 0.1) is 12.1 Å². The first-order valence-electron chi connectivity index (χ1n) is 10.9. The Hall–Kier alpha value is -2.92. The second-order valence-electron chi connectivity index (χ2n) is 8.49. The van der Waals surface area contributed by atoms with E-state index in [1.165, 1.54) is 0 Å². The predicted octanol–water partition coefficient (Wildman–Crippen LogP) is 0.800. The number of nitrogens with one attached hydrogen (secondary N) is 3. The lowest BCUT2D eigenvalue weighted by molar-refractivity contribution is -0.130. The van der Waals surface area contributed by atoms with Gasteiger partial charge >= 0.3 is 0 Å². The maximum Gasteiger partial charge on any atom is 0.242 e. The molecule has 4 N–H and O–H groups in total. The van der Waals surface area contributed by atoms with Gasteiger partial charge in [-0.05, 0) is 37.2 Å². The molecule has 166 valence electrons. The third kappa shape index (κ3) is 7.07. The average Bonchev–Trinajstić information content (AvgIpc) is 3.51. The Kier molecular flexibility index (Phi) is 8.01. The fourth-order valence-corrected chi connectivity index (χ4v) is 3.90. The maximum absolute atomic E-state index is 13.0. The van der Waals surface area contributed by atoms with Gasteiger partial charge in [-0.15, -0.1) is 0 Å². The summed E-state index contributed by atoms with van der Waals surface area (Å²) >= 11 is 0. The molecule has 31 heavy (non-hydrogen) atoms. The van der Waals surface area contributed by atoms with Gasteiger partial charge in [0.15, 0.2) is 6.10 Å². The summed E-state index contributed by atoms with van der Waals surface area (Å²) in [4.78, 5) is 37.3. The molecule has 1 saturated carbocycles. The van der Waals surface area contributed by atoms with E-state index in [0.29, 0.717) is 31.7 Å². The summed E-state index contributed by atoms with van der Waals surface area (Å²) in [5.74, 6) is -0.719. The van der Waals surface area contributed by atoms with Gasteiger partial charge in [0.25, 0.3) is 0 Å². The highest BCUT2D eigenvalue weighted by molar-refractivity contribution is 5.88. The molecule has 1 aromatic rings. The third-order valence-electron chi connectivity index (χ3n) is 5.94. The minimum Gasteiger partial charge on any atom is -0.376 e. The standard InChI is InChI=1S/C23H30N4O4/c24-14-20(28)18(13-17-10-11-25-22(17)30)27-23(31)19(12-16-6-7-16)26-21(29)9-8-15-4-2-1-3-5-15/h1-5,16-20,28H,6-13H2,(H,25,30)(H,26,29)(H,27,31)/t17-,18?,19-,20?/m0/s1. The number of hydrogen-bond donors (Lipinski definition) is 4. The van der Waals surface area contributed by atoms with E-state index in [1.54, 1.807) is 6.07 Å². The lowest BCUT2D eigenvalue weighted by Gasteiger charge is -2.25. The Morgan fingerprint density at radius 3 is 2.52 bits per heavy atom. The minimum atomic E-state index is -1.42. The van der Waals surface area contributed by atoms with Crippen LogP contribution in [-0.2, 0) is 20.8 Å². The number of aliphatic hydroxyl groups excluding tert-OH is 1. The highest BCUT2D eigenvalue weighted by atomic mass is 16.3. The van der Waals surface area contributed by atoms with E-state index in [2.05, 4.69) is 16.0 Å². The molecule has 4 atom stereocenters. The molecule has 1 saturated heterocycles. The van der Waals surface area contributed by atoms with Gasteiger partial charge < -0.3 is 21.1 Å². The van der Waals surface area contributed by atoms with Crippen molar-refractivity contribution in [3.63, 3.8) is 0 Å². The molecule has 2 aliphatic rings. The zero-order chi connectivity index (χ0) is 22.2. The molecule has 0 aromatic heterocycles. The molecule has 1 aromatic carbocycles. The van der Waals surface area contributed by atoms with Crippen LogP contribution in [0.25, 0.3) is 0 Å². The summed E-state index contributed by atoms with van der Waals surface area (Å²) in [7, 11) is 0. The monoisotopic (exact) mass is 426 g/mol. The molecule has 2 fully saturated rings. The van der Waals surface area contributed by atoms with E-state index in [1.807, 2.05) is 30.3 Å². The molecule has 3 rings (SSSR count). The van der Waals surface area contributed by atoms with Gasteiger partial charge in [-0.3, -0.25) is 14.4 Å². The number of nitriles is 1. The summed E-state index contributed by atoms with van der Waals surface area (Å²) in [6.07, 6.45) is 2.79. The van der Waals surface area contributed by atoms with Gasteiger partial charge in [-0.1, -0.05) is 43.2 Å². The fourth-order valence-electron chi connectivity index (χ4n) is 3.90. The Balaban J connectivity index is 1.58. The van der Waals surface area contributed by atoms with Crippen LogP contribution in [0.2, 0.25) is 0 Å². The van der Waals surface area contributed by atoms with Crippen molar-refractivity contribution >= 4 is 17.7 Å². The zero-order valence-corrected chi connectivity index (χ0v) is 17.5. The Morgan fingerprint density at radius 1 is 1.16 bits per heavy atom. The summed E-state index contributed by atoms with van der Waals surface area (Å²) < 4.78 is 0. The molecule has 0 radical (unpaired) electrons. The van der Waals surface area contributed by atoms with Gasteiger partial charge in [-0.2, -0.15) is 5.26 Å². The maximum atomic E-state index is 13.0. The predicted molar refractivity (Wildman–Crippen MR) is 113 cm³/mol. The van der Waals surface area contributed by atoms with Crippen molar-refractivity contribution in [2.45, 2.75) is 63.1 Å². The normalized spacial score (nSPS) is 20.8. The number of carbonyl (C=O) groups excluding carboxylic acids is 3. The number of carbonyl (C=O) groups is 3. The van der Waals surface area contributed by atoms with Crippen LogP contribution in [0.15, 0.2) is 30.3 Å². The van der Waals surface area contributed by atoms with Crippen molar-refractivity contribution in [1.29, 1.82) is 5.26 Å². The molecule has 1 aliphatic heterocycles. The smallest absolute Gasteiger partial charge is 0.242 e. The molecular weight excluding hydrogens is 396 g/mol. The second-order valence-corrected chi connectivity index (χ2v) is 8.49. The molecule has 0 bridgehead atoms. The topological polar surface area (TPSA) is 131 Å². The van der Waals surface area contributed by atoms with Crippen molar-refractivity contribution in [2.75, 3.05) is 6.54 Å². The number of rotatable bonds is 11. The Morgan fingerprint density at radius 2 is 1.90 bits per heavy atom. The molecular formula is C23H30N4O4. The number of amides is 3. The summed E-state index contributed by atoms with van der Waals surface area (Å²) in [5, 5.41) is 27.5. The second kappa shape index (κ2) is 10.9. The van der Waals surface area contributed by atoms with Crippen LogP contribution in [0.1, 0.15) is 44.1 Å². The van der Waals surface area contributed by atoms with Gasteiger partial charge in [0.2, 0.25) is 17.7 Å². The molecule has 8 heteroatoms. The highest BCUT2D eigenvalue weighted by Crippen LogP contribution is 2.33. The number of aryl methyl sites for hydroxylation is 1.